The standard InChI is InChI=1S/C14H21F3N2/c1-11(19(3)10-6-9-18-2)12-7-4-5-8-13(12)14(15,16)17/h4-5,7-8,11,18H,6,9-10H2,1-3H3. The van der Waals surface area contributed by atoms with Gasteiger partial charge in [0.1, 0.15) is 0 Å². The number of nitrogens with zero attached hydrogens (tertiary/aromatic N) is 1. The van der Waals surface area contributed by atoms with Crippen LogP contribution in [-0.4, -0.2) is 32.1 Å². The third-order valence-electron chi connectivity index (χ3n) is 3.32. The molecule has 1 unspecified atom stereocenters. The molecule has 0 aliphatic rings. The highest BCUT2D eigenvalue weighted by Gasteiger charge is 2.34. The van der Waals surface area contributed by atoms with E-state index in [0.29, 0.717) is 5.56 Å². The van der Waals surface area contributed by atoms with Crippen LogP contribution in [0.1, 0.15) is 30.5 Å². The molecule has 1 aromatic carbocycles. The Labute approximate surface area is 112 Å². The van der Waals surface area contributed by atoms with Gasteiger partial charge >= 0.3 is 6.18 Å². The van der Waals surface area contributed by atoms with Gasteiger partial charge in [-0.05, 0) is 52.2 Å². The number of benzene rings is 1. The van der Waals surface area contributed by atoms with Gasteiger partial charge in [0.2, 0.25) is 0 Å². The van der Waals surface area contributed by atoms with Crippen molar-refractivity contribution in [3.63, 3.8) is 0 Å². The molecule has 0 aliphatic heterocycles. The van der Waals surface area contributed by atoms with Crippen molar-refractivity contribution in [2.75, 3.05) is 27.2 Å². The van der Waals surface area contributed by atoms with Crippen LogP contribution < -0.4 is 5.32 Å². The maximum absolute atomic E-state index is 13.0. The van der Waals surface area contributed by atoms with Gasteiger partial charge in [-0.1, -0.05) is 18.2 Å². The van der Waals surface area contributed by atoms with E-state index >= 15 is 0 Å². The molecule has 0 spiro atoms. The fraction of sp³-hybridized carbons (Fsp3) is 0.571. The highest BCUT2D eigenvalue weighted by Crippen LogP contribution is 2.35. The fourth-order valence-electron chi connectivity index (χ4n) is 2.06. The molecular weight excluding hydrogens is 253 g/mol. The van der Waals surface area contributed by atoms with Crippen LogP contribution in [0, 0.1) is 0 Å². The molecule has 0 aliphatic carbocycles. The van der Waals surface area contributed by atoms with Crippen molar-refractivity contribution in [2.24, 2.45) is 0 Å². The fourth-order valence-corrected chi connectivity index (χ4v) is 2.06. The number of halogens is 3. The van der Waals surface area contributed by atoms with Crippen molar-refractivity contribution >= 4 is 0 Å². The Morgan fingerprint density at radius 3 is 2.47 bits per heavy atom. The second kappa shape index (κ2) is 6.91. The largest absolute Gasteiger partial charge is 0.416 e. The second-order valence-corrected chi connectivity index (χ2v) is 4.70. The average Bonchev–Trinajstić information content (AvgIpc) is 2.37. The molecule has 0 heterocycles. The van der Waals surface area contributed by atoms with Gasteiger partial charge in [-0.25, -0.2) is 0 Å². The van der Waals surface area contributed by atoms with Crippen LogP contribution in [0.15, 0.2) is 24.3 Å². The summed E-state index contributed by atoms with van der Waals surface area (Å²) in [6.07, 6.45) is -3.39. The monoisotopic (exact) mass is 274 g/mol. The number of alkyl halides is 3. The van der Waals surface area contributed by atoms with Crippen molar-refractivity contribution in [2.45, 2.75) is 25.6 Å². The van der Waals surface area contributed by atoms with E-state index in [1.165, 1.54) is 6.07 Å². The summed E-state index contributed by atoms with van der Waals surface area (Å²) in [5.41, 5.74) is -0.204. The minimum Gasteiger partial charge on any atom is -0.320 e. The highest BCUT2D eigenvalue weighted by molar-refractivity contribution is 5.32. The van der Waals surface area contributed by atoms with E-state index in [-0.39, 0.29) is 6.04 Å². The minimum atomic E-state index is -4.29. The molecule has 1 rings (SSSR count). The van der Waals surface area contributed by atoms with Gasteiger partial charge in [0.05, 0.1) is 5.56 Å². The average molecular weight is 274 g/mol. The molecule has 2 nitrogen and oxygen atoms in total. The Morgan fingerprint density at radius 2 is 1.89 bits per heavy atom. The van der Waals surface area contributed by atoms with E-state index in [2.05, 4.69) is 5.32 Å². The SMILES string of the molecule is CNCCCN(C)C(C)c1ccccc1C(F)(F)F. The lowest BCUT2D eigenvalue weighted by Gasteiger charge is -2.27. The van der Waals surface area contributed by atoms with E-state index in [0.717, 1.165) is 25.6 Å². The summed E-state index contributed by atoms with van der Waals surface area (Å²) in [4.78, 5) is 1.95. The molecule has 0 saturated heterocycles. The molecule has 1 N–H and O–H groups in total. The summed E-state index contributed by atoms with van der Waals surface area (Å²) in [6, 6.07) is 5.53. The van der Waals surface area contributed by atoms with Crippen LogP contribution in [0.3, 0.4) is 0 Å². The first-order valence-corrected chi connectivity index (χ1v) is 6.39. The zero-order chi connectivity index (χ0) is 14.5. The summed E-state index contributed by atoms with van der Waals surface area (Å²) in [6.45, 7) is 3.43. The van der Waals surface area contributed by atoms with Gasteiger partial charge in [-0.2, -0.15) is 13.2 Å². The third-order valence-corrected chi connectivity index (χ3v) is 3.32. The molecule has 0 bridgehead atoms. The Morgan fingerprint density at radius 1 is 1.26 bits per heavy atom. The van der Waals surface area contributed by atoms with Gasteiger partial charge in [-0.3, -0.25) is 4.90 Å². The van der Waals surface area contributed by atoms with Gasteiger partial charge in [0, 0.05) is 6.04 Å². The molecule has 108 valence electrons. The summed E-state index contributed by atoms with van der Waals surface area (Å²) in [5.74, 6) is 0. The number of hydrogen-bond acceptors (Lipinski definition) is 2. The van der Waals surface area contributed by atoms with Crippen LogP contribution in [-0.2, 0) is 6.18 Å². The molecular formula is C14H21F3N2. The predicted molar refractivity (Wildman–Crippen MR) is 71.0 cm³/mol. The van der Waals surface area contributed by atoms with Crippen molar-refractivity contribution in [3.8, 4) is 0 Å². The smallest absolute Gasteiger partial charge is 0.320 e. The normalized spacial score (nSPS) is 13.8. The van der Waals surface area contributed by atoms with E-state index in [9.17, 15) is 13.2 Å². The first-order valence-electron chi connectivity index (χ1n) is 6.39. The van der Waals surface area contributed by atoms with Crippen LogP contribution in [0.25, 0.3) is 0 Å². The lowest BCUT2D eigenvalue weighted by Crippen LogP contribution is -2.27. The van der Waals surface area contributed by atoms with E-state index in [1.807, 2.05) is 25.9 Å². The first kappa shape index (κ1) is 16.0. The second-order valence-electron chi connectivity index (χ2n) is 4.70. The number of nitrogens with one attached hydrogen (secondary N) is 1. The van der Waals surface area contributed by atoms with Crippen LogP contribution in [0.2, 0.25) is 0 Å². The summed E-state index contributed by atoms with van der Waals surface area (Å²) >= 11 is 0. The predicted octanol–water partition coefficient (Wildman–Crippen LogP) is 3.31. The van der Waals surface area contributed by atoms with Gasteiger partial charge in [-0.15, -0.1) is 0 Å². The zero-order valence-corrected chi connectivity index (χ0v) is 11.6. The molecule has 19 heavy (non-hydrogen) atoms. The molecule has 0 amide bonds. The molecule has 0 saturated carbocycles. The molecule has 0 fully saturated rings. The van der Waals surface area contributed by atoms with Crippen molar-refractivity contribution < 1.29 is 13.2 Å². The lowest BCUT2D eigenvalue weighted by molar-refractivity contribution is -0.138. The lowest BCUT2D eigenvalue weighted by atomic mass is 10.00. The summed E-state index contributed by atoms with van der Waals surface area (Å²) in [7, 11) is 3.72. The van der Waals surface area contributed by atoms with Crippen molar-refractivity contribution in [1.82, 2.24) is 10.2 Å². The van der Waals surface area contributed by atoms with Gasteiger partial charge < -0.3 is 5.32 Å². The highest BCUT2D eigenvalue weighted by atomic mass is 19.4. The Kier molecular flexibility index (Phi) is 5.82. The first-order chi connectivity index (χ1) is 8.88. The Hall–Kier alpha value is -1.07. The molecule has 1 atom stereocenters. The molecule has 5 heteroatoms. The summed E-state index contributed by atoms with van der Waals surface area (Å²) in [5, 5.41) is 3.03. The quantitative estimate of drug-likeness (QED) is 0.801. The van der Waals surface area contributed by atoms with Gasteiger partial charge in [0.25, 0.3) is 0 Å². The molecule has 1 aromatic rings. The van der Waals surface area contributed by atoms with E-state index in [4.69, 9.17) is 0 Å². The summed E-state index contributed by atoms with van der Waals surface area (Å²) < 4.78 is 38.9. The van der Waals surface area contributed by atoms with Crippen LogP contribution >= 0.6 is 0 Å². The Balaban J connectivity index is 2.84. The third kappa shape index (κ3) is 4.51. The Bertz CT molecular complexity index is 391. The number of rotatable bonds is 6. The van der Waals surface area contributed by atoms with Gasteiger partial charge in [0.15, 0.2) is 0 Å². The zero-order valence-electron chi connectivity index (χ0n) is 11.6. The van der Waals surface area contributed by atoms with E-state index < -0.39 is 11.7 Å². The van der Waals surface area contributed by atoms with Crippen molar-refractivity contribution in [3.05, 3.63) is 35.4 Å². The minimum absolute atomic E-state index is 0.255. The maximum atomic E-state index is 13.0. The molecule has 0 aromatic heterocycles. The molecule has 0 radical (unpaired) electrons. The number of hydrogen-bond donors (Lipinski definition) is 1. The van der Waals surface area contributed by atoms with Crippen LogP contribution in [0.5, 0.6) is 0 Å². The van der Waals surface area contributed by atoms with Crippen molar-refractivity contribution in [1.29, 1.82) is 0 Å². The van der Waals surface area contributed by atoms with Crippen LogP contribution in [0.4, 0.5) is 13.2 Å². The maximum Gasteiger partial charge on any atom is 0.416 e. The topological polar surface area (TPSA) is 15.3 Å². The van der Waals surface area contributed by atoms with E-state index in [1.54, 1.807) is 12.1 Å².